The summed E-state index contributed by atoms with van der Waals surface area (Å²) in [5.41, 5.74) is 6.66. The first kappa shape index (κ1) is 27.2. The maximum atomic E-state index is 12.5. The molecule has 12 heteroatoms. The Labute approximate surface area is 214 Å². The van der Waals surface area contributed by atoms with E-state index in [9.17, 15) is 23.1 Å². The fourth-order valence-corrected chi connectivity index (χ4v) is 4.50. The molecule has 3 aromatic rings. The number of rotatable bonds is 12. The fourth-order valence-electron chi connectivity index (χ4n) is 3.29. The van der Waals surface area contributed by atoms with Crippen LogP contribution in [0.15, 0.2) is 89.8 Å². The molecule has 0 radical (unpaired) electrons. The van der Waals surface area contributed by atoms with Gasteiger partial charge in [-0.2, -0.15) is 4.72 Å². The highest BCUT2D eigenvalue weighted by atomic mass is 32.2. The number of para-hydroxylation sites is 1. The van der Waals surface area contributed by atoms with Gasteiger partial charge in [0, 0.05) is 17.8 Å². The summed E-state index contributed by atoms with van der Waals surface area (Å²) in [7, 11) is -4.08. The smallest absolute Gasteiger partial charge is 0.323 e. The van der Waals surface area contributed by atoms with Gasteiger partial charge in [-0.05, 0) is 48.5 Å². The predicted molar refractivity (Wildman–Crippen MR) is 138 cm³/mol. The van der Waals surface area contributed by atoms with Crippen LogP contribution in [0.25, 0.3) is 0 Å². The monoisotopic (exact) mass is 525 g/mol. The second-order valence-corrected chi connectivity index (χ2v) is 9.49. The Kier molecular flexibility index (Phi) is 9.19. The van der Waals surface area contributed by atoms with Crippen molar-refractivity contribution in [2.45, 2.75) is 10.9 Å². The van der Waals surface area contributed by atoms with Crippen LogP contribution < -0.4 is 25.4 Å². The lowest BCUT2D eigenvalue weighted by atomic mass is 10.2. The molecule has 0 aliphatic carbocycles. The molecule has 0 aliphatic heterocycles. The Morgan fingerprint density at radius 2 is 1.57 bits per heavy atom. The maximum absolute atomic E-state index is 12.5. The van der Waals surface area contributed by atoms with Crippen LogP contribution in [0.5, 0.6) is 5.75 Å². The zero-order valence-electron chi connectivity index (χ0n) is 19.7. The zero-order chi connectivity index (χ0) is 26.8. The minimum atomic E-state index is -4.08. The minimum absolute atomic E-state index is 0.0849. The van der Waals surface area contributed by atoms with Crippen molar-refractivity contribution in [1.82, 2.24) is 10.0 Å². The average Bonchev–Trinajstić information content (AvgIpc) is 2.90. The van der Waals surface area contributed by atoms with Crippen molar-refractivity contribution < 1.29 is 27.9 Å². The number of hydrogen-bond acceptors (Lipinski definition) is 6. The first-order valence-electron chi connectivity index (χ1n) is 11.2. The van der Waals surface area contributed by atoms with Crippen molar-refractivity contribution in [1.29, 1.82) is 5.41 Å². The fraction of sp³-hybridized carbons (Fsp3) is 0.160. The van der Waals surface area contributed by atoms with Gasteiger partial charge in [0.1, 0.15) is 18.4 Å². The van der Waals surface area contributed by atoms with Gasteiger partial charge in [0.25, 0.3) is 5.91 Å². The summed E-state index contributed by atoms with van der Waals surface area (Å²) >= 11 is 0. The number of aliphatic carboxylic acids is 1. The lowest BCUT2D eigenvalue weighted by molar-refractivity contribution is -0.138. The summed E-state index contributed by atoms with van der Waals surface area (Å²) in [5.74, 6) is -1.65. The number of carboxylic acid groups (broad SMARTS) is 1. The first-order valence-corrected chi connectivity index (χ1v) is 12.6. The topological polar surface area (TPSA) is 175 Å². The normalized spacial score (nSPS) is 11.8. The summed E-state index contributed by atoms with van der Waals surface area (Å²) < 4.78 is 32.6. The molecule has 0 aromatic heterocycles. The summed E-state index contributed by atoms with van der Waals surface area (Å²) in [5, 5.41) is 19.6. The molecule has 0 aliphatic rings. The molecule has 1 amide bonds. The average molecular weight is 526 g/mol. The number of guanidine groups is 1. The number of carboxylic acids is 1. The highest BCUT2D eigenvalue weighted by Gasteiger charge is 2.26. The van der Waals surface area contributed by atoms with Gasteiger partial charge in [-0.3, -0.25) is 15.0 Å². The number of amides is 1. The van der Waals surface area contributed by atoms with Crippen LogP contribution in [0.2, 0.25) is 0 Å². The highest BCUT2D eigenvalue weighted by Crippen LogP contribution is 2.15. The van der Waals surface area contributed by atoms with E-state index in [0.29, 0.717) is 12.3 Å². The van der Waals surface area contributed by atoms with Crippen molar-refractivity contribution in [3.8, 4) is 5.75 Å². The van der Waals surface area contributed by atoms with Crippen LogP contribution in [-0.4, -0.2) is 57.1 Å². The van der Waals surface area contributed by atoms with E-state index in [1.165, 1.54) is 36.4 Å². The number of anilines is 1. The zero-order valence-corrected chi connectivity index (χ0v) is 20.5. The van der Waals surface area contributed by atoms with Crippen molar-refractivity contribution in [3.63, 3.8) is 0 Å². The molecule has 0 fully saturated rings. The Morgan fingerprint density at radius 1 is 0.973 bits per heavy atom. The third kappa shape index (κ3) is 7.78. The van der Waals surface area contributed by atoms with Crippen LogP contribution in [-0.2, 0) is 14.8 Å². The summed E-state index contributed by atoms with van der Waals surface area (Å²) in [4.78, 5) is 25.6. The van der Waals surface area contributed by atoms with Gasteiger partial charge in [-0.15, -0.1) is 0 Å². The standard InChI is InChI=1S/C25H27N5O6S/c26-25(27)30(19-7-3-1-4-8-19)15-16-36-20-13-11-18(12-14-20)23(31)28-17-22(24(32)33)29-37(34,35)21-9-5-2-6-10-21/h1-14,22,29H,15-17H2,(H3,26,27)(H,28,31)(H,32,33). The van der Waals surface area contributed by atoms with E-state index in [2.05, 4.69) is 10.0 Å². The van der Waals surface area contributed by atoms with Crippen molar-refractivity contribution in [3.05, 3.63) is 90.5 Å². The lowest BCUT2D eigenvalue weighted by Crippen LogP contribution is -2.48. The molecule has 0 heterocycles. The number of benzene rings is 3. The molecule has 194 valence electrons. The van der Waals surface area contributed by atoms with Crippen LogP contribution in [0.1, 0.15) is 10.4 Å². The molecule has 3 aromatic carbocycles. The molecule has 11 nitrogen and oxygen atoms in total. The highest BCUT2D eigenvalue weighted by molar-refractivity contribution is 7.89. The van der Waals surface area contributed by atoms with Crippen LogP contribution in [0, 0.1) is 5.41 Å². The number of ether oxygens (including phenoxy) is 1. The molecule has 0 bridgehead atoms. The van der Waals surface area contributed by atoms with Crippen LogP contribution >= 0.6 is 0 Å². The SMILES string of the molecule is N=C(N)N(CCOc1ccc(C(=O)NCC(NS(=O)(=O)c2ccccc2)C(=O)O)cc1)c1ccccc1. The third-order valence-electron chi connectivity index (χ3n) is 5.17. The summed E-state index contributed by atoms with van der Waals surface area (Å²) in [6.45, 7) is 0.0950. The molecule has 0 spiro atoms. The molecular weight excluding hydrogens is 498 g/mol. The van der Waals surface area contributed by atoms with Crippen LogP contribution in [0.4, 0.5) is 5.69 Å². The van der Waals surface area contributed by atoms with E-state index in [1.54, 1.807) is 23.1 Å². The van der Waals surface area contributed by atoms with Crippen molar-refractivity contribution in [2.24, 2.45) is 5.73 Å². The lowest BCUT2D eigenvalue weighted by Gasteiger charge is -2.22. The van der Waals surface area contributed by atoms with E-state index in [1.807, 2.05) is 30.3 Å². The number of sulfonamides is 1. The molecule has 6 N–H and O–H groups in total. The predicted octanol–water partition coefficient (Wildman–Crippen LogP) is 1.63. The number of carbonyl (C=O) groups is 2. The second kappa shape index (κ2) is 12.5. The Hall–Kier alpha value is -4.42. The molecule has 37 heavy (non-hydrogen) atoms. The van der Waals surface area contributed by atoms with Gasteiger partial charge in [-0.1, -0.05) is 36.4 Å². The van der Waals surface area contributed by atoms with Gasteiger partial charge < -0.3 is 25.8 Å². The van der Waals surface area contributed by atoms with Crippen molar-refractivity contribution in [2.75, 3.05) is 24.6 Å². The Morgan fingerprint density at radius 3 is 2.14 bits per heavy atom. The van der Waals surface area contributed by atoms with E-state index < -0.39 is 34.5 Å². The largest absolute Gasteiger partial charge is 0.492 e. The van der Waals surface area contributed by atoms with Gasteiger partial charge in [-0.25, -0.2) is 8.42 Å². The molecule has 1 unspecified atom stereocenters. The van der Waals surface area contributed by atoms with Crippen LogP contribution in [0.3, 0.4) is 0 Å². The van der Waals surface area contributed by atoms with E-state index in [-0.39, 0.29) is 23.0 Å². The molecule has 1 atom stereocenters. The van der Waals surface area contributed by atoms with Gasteiger partial charge >= 0.3 is 5.97 Å². The quantitative estimate of drug-likeness (QED) is 0.175. The van der Waals surface area contributed by atoms with Crippen molar-refractivity contribution >= 4 is 33.5 Å². The minimum Gasteiger partial charge on any atom is -0.492 e. The number of nitrogens with zero attached hydrogens (tertiary/aromatic N) is 1. The summed E-state index contributed by atoms with van der Waals surface area (Å²) in [6, 6.07) is 21.1. The number of nitrogens with two attached hydrogens (primary N) is 1. The third-order valence-corrected chi connectivity index (χ3v) is 6.66. The Balaban J connectivity index is 1.53. The Bertz CT molecular complexity index is 1320. The number of nitrogens with one attached hydrogen (secondary N) is 3. The molecule has 3 rings (SSSR count). The van der Waals surface area contributed by atoms with E-state index in [0.717, 1.165) is 5.69 Å². The van der Waals surface area contributed by atoms with Gasteiger partial charge in [0.2, 0.25) is 10.0 Å². The molecule has 0 saturated heterocycles. The van der Waals surface area contributed by atoms with E-state index in [4.69, 9.17) is 15.9 Å². The molecular formula is C25H27N5O6S. The number of carbonyl (C=O) groups excluding carboxylic acids is 1. The molecule has 0 saturated carbocycles. The van der Waals surface area contributed by atoms with Gasteiger partial charge in [0.05, 0.1) is 11.4 Å². The maximum Gasteiger partial charge on any atom is 0.323 e. The summed E-state index contributed by atoms with van der Waals surface area (Å²) in [6.07, 6.45) is 0. The second-order valence-electron chi connectivity index (χ2n) is 7.78. The number of hydrogen-bond donors (Lipinski definition) is 5. The van der Waals surface area contributed by atoms with Gasteiger partial charge in [0.15, 0.2) is 5.96 Å². The van der Waals surface area contributed by atoms with E-state index >= 15 is 0 Å². The first-order chi connectivity index (χ1) is 17.7.